The first-order chi connectivity index (χ1) is 5.57. The molecule has 1 amide bonds. The molecule has 1 atom stereocenters. The summed E-state index contributed by atoms with van der Waals surface area (Å²) in [5, 5.41) is 5.82. The molecule has 0 rings (SSSR count). The Labute approximate surface area is 74.2 Å². The molecule has 0 aliphatic rings. The molecule has 1 unspecified atom stereocenters. The minimum Gasteiger partial charge on any atom is -0.353 e. The van der Waals surface area contributed by atoms with Crippen molar-refractivity contribution in [3.8, 4) is 0 Å². The molecule has 0 spiro atoms. The summed E-state index contributed by atoms with van der Waals surface area (Å²) in [5.74, 6) is 0.0341. The van der Waals surface area contributed by atoms with Crippen molar-refractivity contribution in [1.29, 1.82) is 0 Å². The second-order valence-electron chi connectivity index (χ2n) is 3.08. The monoisotopic (exact) mass is 170 g/mol. The average Bonchev–Trinajstić information content (AvgIpc) is 1.98. The molecule has 0 fully saturated rings. The van der Waals surface area contributed by atoms with E-state index in [1.54, 1.807) is 6.08 Å². The van der Waals surface area contributed by atoms with Gasteiger partial charge in [-0.1, -0.05) is 6.08 Å². The van der Waals surface area contributed by atoms with Gasteiger partial charge in [-0.3, -0.25) is 4.79 Å². The minimum absolute atomic E-state index is 0.0341. The van der Waals surface area contributed by atoms with Gasteiger partial charge in [0.15, 0.2) is 0 Å². The molecular formula is C9H18N2O. The second kappa shape index (κ2) is 5.77. The number of nitrogens with one attached hydrogen (secondary N) is 2. The Kier molecular flexibility index (Phi) is 5.37. The Morgan fingerprint density at radius 2 is 2.08 bits per heavy atom. The molecule has 0 saturated heterocycles. The SMILES string of the molecule is C=CCNC(C)C(=O)NC(C)C. The average molecular weight is 170 g/mol. The molecule has 0 aromatic rings. The summed E-state index contributed by atoms with van der Waals surface area (Å²) in [4.78, 5) is 11.3. The lowest BCUT2D eigenvalue weighted by Gasteiger charge is -2.14. The molecule has 0 saturated carbocycles. The summed E-state index contributed by atoms with van der Waals surface area (Å²) in [6.07, 6.45) is 1.74. The third-order valence-electron chi connectivity index (χ3n) is 1.39. The van der Waals surface area contributed by atoms with Gasteiger partial charge in [0.05, 0.1) is 6.04 Å². The van der Waals surface area contributed by atoms with Crippen molar-refractivity contribution in [3.05, 3.63) is 12.7 Å². The van der Waals surface area contributed by atoms with E-state index in [4.69, 9.17) is 0 Å². The van der Waals surface area contributed by atoms with Crippen LogP contribution < -0.4 is 10.6 Å². The molecule has 0 aliphatic carbocycles. The van der Waals surface area contributed by atoms with Gasteiger partial charge in [-0.25, -0.2) is 0 Å². The van der Waals surface area contributed by atoms with Gasteiger partial charge < -0.3 is 10.6 Å². The normalized spacial score (nSPS) is 12.7. The molecule has 0 radical (unpaired) electrons. The predicted octanol–water partition coefficient (Wildman–Crippen LogP) is 0.675. The van der Waals surface area contributed by atoms with Gasteiger partial charge in [0, 0.05) is 12.6 Å². The summed E-state index contributed by atoms with van der Waals surface area (Å²) >= 11 is 0. The van der Waals surface area contributed by atoms with Crippen LogP contribution in [0.3, 0.4) is 0 Å². The van der Waals surface area contributed by atoms with Gasteiger partial charge >= 0.3 is 0 Å². The van der Waals surface area contributed by atoms with Crippen LogP contribution in [0.2, 0.25) is 0 Å². The maximum Gasteiger partial charge on any atom is 0.237 e. The maximum atomic E-state index is 11.3. The molecule has 0 heterocycles. The van der Waals surface area contributed by atoms with Gasteiger partial charge in [0.25, 0.3) is 0 Å². The van der Waals surface area contributed by atoms with Crippen molar-refractivity contribution in [3.63, 3.8) is 0 Å². The lowest BCUT2D eigenvalue weighted by molar-refractivity contribution is -0.123. The van der Waals surface area contributed by atoms with E-state index in [2.05, 4.69) is 17.2 Å². The molecule has 0 bridgehead atoms. The summed E-state index contributed by atoms with van der Waals surface area (Å²) < 4.78 is 0. The molecule has 2 N–H and O–H groups in total. The topological polar surface area (TPSA) is 41.1 Å². The van der Waals surface area contributed by atoms with Crippen molar-refractivity contribution in [2.45, 2.75) is 32.9 Å². The van der Waals surface area contributed by atoms with E-state index < -0.39 is 0 Å². The Balaban J connectivity index is 3.68. The standard InChI is InChI=1S/C9H18N2O/c1-5-6-10-8(4)9(12)11-7(2)3/h5,7-8,10H,1,6H2,2-4H3,(H,11,12). The number of carbonyl (C=O) groups is 1. The van der Waals surface area contributed by atoms with Crippen LogP contribution in [0.5, 0.6) is 0 Å². The largest absolute Gasteiger partial charge is 0.353 e. The molecule has 0 aromatic heterocycles. The van der Waals surface area contributed by atoms with E-state index in [1.807, 2.05) is 20.8 Å². The number of rotatable bonds is 5. The van der Waals surface area contributed by atoms with Gasteiger partial charge in [0.1, 0.15) is 0 Å². The molecular weight excluding hydrogens is 152 g/mol. The Morgan fingerprint density at radius 1 is 1.50 bits per heavy atom. The highest BCUT2D eigenvalue weighted by Crippen LogP contribution is 1.84. The second-order valence-corrected chi connectivity index (χ2v) is 3.08. The number of amides is 1. The van der Waals surface area contributed by atoms with Gasteiger partial charge in [-0.2, -0.15) is 0 Å². The molecule has 3 nitrogen and oxygen atoms in total. The van der Waals surface area contributed by atoms with Crippen LogP contribution >= 0.6 is 0 Å². The Hall–Kier alpha value is -0.830. The zero-order valence-corrected chi connectivity index (χ0v) is 8.05. The van der Waals surface area contributed by atoms with E-state index in [1.165, 1.54) is 0 Å². The van der Waals surface area contributed by atoms with Crippen LogP contribution in [0.4, 0.5) is 0 Å². The fourth-order valence-electron chi connectivity index (χ4n) is 0.762. The van der Waals surface area contributed by atoms with Crippen molar-refractivity contribution in [2.75, 3.05) is 6.54 Å². The first kappa shape index (κ1) is 11.2. The quantitative estimate of drug-likeness (QED) is 0.596. The van der Waals surface area contributed by atoms with Crippen LogP contribution in [-0.4, -0.2) is 24.5 Å². The van der Waals surface area contributed by atoms with E-state index in [-0.39, 0.29) is 18.0 Å². The zero-order chi connectivity index (χ0) is 9.56. The highest BCUT2D eigenvalue weighted by molar-refractivity contribution is 5.81. The highest BCUT2D eigenvalue weighted by atomic mass is 16.2. The summed E-state index contributed by atoms with van der Waals surface area (Å²) in [5.41, 5.74) is 0. The van der Waals surface area contributed by atoms with Crippen LogP contribution in [0.1, 0.15) is 20.8 Å². The third-order valence-corrected chi connectivity index (χ3v) is 1.39. The van der Waals surface area contributed by atoms with Crippen LogP contribution in [-0.2, 0) is 4.79 Å². The smallest absolute Gasteiger partial charge is 0.237 e. The van der Waals surface area contributed by atoms with Gasteiger partial charge in [0.2, 0.25) is 5.91 Å². The minimum atomic E-state index is -0.148. The number of hydrogen-bond donors (Lipinski definition) is 2. The van der Waals surface area contributed by atoms with Crippen molar-refractivity contribution >= 4 is 5.91 Å². The first-order valence-corrected chi connectivity index (χ1v) is 4.22. The van der Waals surface area contributed by atoms with Crippen LogP contribution in [0.25, 0.3) is 0 Å². The van der Waals surface area contributed by atoms with E-state index in [0.29, 0.717) is 6.54 Å². The third kappa shape index (κ3) is 4.91. The van der Waals surface area contributed by atoms with E-state index in [0.717, 1.165) is 0 Å². The Morgan fingerprint density at radius 3 is 2.50 bits per heavy atom. The molecule has 0 aromatic carbocycles. The fourth-order valence-corrected chi connectivity index (χ4v) is 0.762. The summed E-state index contributed by atoms with van der Waals surface area (Å²) in [6.45, 7) is 9.94. The number of hydrogen-bond acceptors (Lipinski definition) is 2. The van der Waals surface area contributed by atoms with Crippen molar-refractivity contribution < 1.29 is 4.79 Å². The van der Waals surface area contributed by atoms with Gasteiger partial charge in [-0.05, 0) is 20.8 Å². The molecule has 70 valence electrons. The first-order valence-electron chi connectivity index (χ1n) is 4.22. The van der Waals surface area contributed by atoms with Crippen LogP contribution in [0, 0.1) is 0 Å². The lowest BCUT2D eigenvalue weighted by Crippen LogP contribution is -2.44. The van der Waals surface area contributed by atoms with Crippen molar-refractivity contribution in [2.24, 2.45) is 0 Å². The molecule has 12 heavy (non-hydrogen) atoms. The molecule has 0 aliphatic heterocycles. The van der Waals surface area contributed by atoms with Gasteiger partial charge in [-0.15, -0.1) is 6.58 Å². The lowest BCUT2D eigenvalue weighted by atomic mass is 10.3. The van der Waals surface area contributed by atoms with E-state index in [9.17, 15) is 4.79 Å². The maximum absolute atomic E-state index is 11.3. The number of carbonyl (C=O) groups excluding carboxylic acids is 1. The molecule has 3 heteroatoms. The summed E-state index contributed by atoms with van der Waals surface area (Å²) in [7, 11) is 0. The van der Waals surface area contributed by atoms with Crippen molar-refractivity contribution in [1.82, 2.24) is 10.6 Å². The Bertz CT molecular complexity index is 155. The fraction of sp³-hybridized carbons (Fsp3) is 0.667. The highest BCUT2D eigenvalue weighted by Gasteiger charge is 2.11. The predicted molar refractivity (Wildman–Crippen MR) is 50.9 cm³/mol. The van der Waals surface area contributed by atoms with Crippen LogP contribution in [0.15, 0.2) is 12.7 Å². The van der Waals surface area contributed by atoms with E-state index >= 15 is 0 Å². The summed E-state index contributed by atoms with van der Waals surface area (Å²) in [6, 6.07) is 0.0517. The zero-order valence-electron chi connectivity index (χ0n) is 8.05.